The quantitative estimate of drug-likeness (QED) is 0.655. The molecule has 1 atom stereocenters. The molecule has 0 saturated heterocycles. The number of carbonyl (C=O) groups is 2. The van der Waals surface area contributed by atoms with Crippen molar-refractivity contribution in [1.29, 1.82) is 0 Å². The summed E-state index contributed by atoms with van der Waals surface area (Å²) in [6, 6.07) is -0.310. The van der Waals surface area contributed by atoms with E-state index < -0.39 is 11.5 Å². The Bertz CT molecular complexity index is 314. The molecule has 0 aromatic heterocycles. The van der Waals surface area contributed by atoms with Crippen LogP contribution >= 0.6 is 0 Å². The van der Waals surface area contributed by atoms with Gasteiger partial charge in [-0.3, -0.25) is 4.79 Å². The second-order valence-electron chi connectivity index (χ2n) is 5.16. The molecule has 110 valence electrons. The Morgan fingerprint density at radius 3 is 2.53 bits per heavy atom. The van der Waals surface area contributed by atoms with Crippen molar-refractivity contribution < 1.29 is 19.4 Å². The van der Waals surface area contributed by atoms with E-state index in [1.54, 1.807) is 0 Å². The molecular weight excluding hydrogens is 248 g/mol. The third kappa shape index (κ3) is 5.46. The minimum absolute atomic E-state index is 0.0125. The second-order valence-corrected chi connectivity index (χ2v) is 5.16. The molecule has 1 aliphatic carbocycles. The fourth-order valence-corrected chi connectivity index (χ4v) is 2.55. The molecule has 1 aliphatic rings. The molecule has 0 bridgehead atoms. The van der Waals surface area contributed by atoms with Gasteiger partial charge in [0.25, 0.3) is 0 Å². The molecule has 19 heavy (non-hydrogen) atoms. The van der Waals surface area contributed by atoms with Gasteiger partial charge in [-0.15, -0.1) is 0 Å². The van der Waals surface area contributed by atoms with E-state index >= 15 is 0 Å². The normalized spacial score (nSPS) is 18.8. The summed E-state index contributed by atoms with van der Waals surface area (Å²) in [5.41, 5.74) is -0.579. The van der Waals surface area contributed by atoms with Gasteiger partial charge >= 0.3 is 12.0 Å². The lowest BCUT2D eigenvalue weighted by atomic mass is 9.93. The number of hydrogen-bond acceptors (Lipinski definition) is 3. The molecule has 0 aromatic carbocycles. The molecule has 6 heteroatoms. The minimum atomic E-state index is -0.870. The monoisotopic (exact) mass is 272 g/mol. The summed E-state index contributed by atoms with van der Waals surface area (Å²) >= 11 is 0. The number of carbonyl (C=O) groups excluding carboxylic acids is 1. The average Bonchev–Trinajstić information content (AvgIpc) is 2.74. The Balaban J connectivity index is 2.41. The number of amides is 2. The van der Waals surface area contributed by atoms with Crippen LogP contribution < -0.4 is 10.6 Å². The van der Waals surface area contributed by atoms with E-state index in [1.165, 1.54) is 0 Å². The van der Waals surface area contributed by atoms with Crippen LogP contribution in [-0.2, 0) is 9.53 Å². The van der Waals surface area contributed by atoms with E-state index in [1.807, 2.05) is 13.8 Å². The smallest absolute Gasteiger partial charge is 0.315 e. The predicted molar refractivity (Wildman–Crippen MR) is 71.1 cm³/mol. The number of urea groups is 1. The van der Waals surface area contributed by atoms with Gasteiger partial charge in [0.1, 0.15) is 0 Å². The summed E-state index contributed by atoms with van der Waals surface area (Å²) in [4.78, 5) is 22.7. The number of nitrogens with one attached hydrogen (secondary N) is 2. The van der Waals surface area contributed by atoms with E-state index in [2.05, 4.69) is 10.6 Å². The standard InChI is InChI=1S/C13H24N2O4/c1-3-19-10(2)9-14-12(18)15-13(8-11(16)17)6-4-5-7-13/h10H,3-9H2,1-2H3,(H,16,17)(H2,14,15,18). The highest BCUT2D eigenvalue weighted by atomic mass is 16.5. The van der Waals surface area contributed by atoms with Crippen molar-refractivity contribution in [2.75, 3.05) is 13.2 Å². The molecule has 3 N–H and O–H groups in total. The molecule has 1 saturated carbocycles. The van der Waals surface area contributed by atoms with Crippen LogP contribution in [0.15, 0.2) is 0 Å². The van der Waals surface area contributed by atoms with Gasteiger partial charge in [0.2, 0.25) is 0 Å². The SMILES string of the molecule is CCOC(C)CNC(=O)NC1(CC(=O)O)CCCC1. The zero-order chi connectivity index (χ0) is 14.3. The zero-order valence-electron chi connectivity index (χ0n) is 11.7. The van der Waals surface area contributed by atoms with Crippen molar-refractivity contribution >= 4 is 12.0 Å². The summed E-state index contributed by atoms with van der Waals surface area (Å²) in [7, 11) is 0. The fourth-order valence-electron chi connectivity index (χ4n) is 2.55. The molecule has 2 amide bonds. The lowest BCUT2D eigenvalue weighted by Crippen LogP contribution is -2.52. The van der Waals surface area contributed by atoms with E-state index in [-0.39, 0.29) is 18.6 Å². The van der Waals surface area contributed by atoms with Gasteiger partial charge in [-0.25, -0.2) is 4.79 Å². The highest BCUT2D eigenvalue weighted by Crippen LogP contribution is 2.32. The van der Waals surface area contributed by atoms with Gasteiger partial charge < -0.3 is 20.5 Å². The number of aliphatic carboxylic acids is 1. The topological polar surface area (TPSA) is 87.7 Å². The van der Waals surface area contributed by atoms with Crippen molar-refractivity contribution in [3.63, 3.8) is 0 Å². The number of hydrogen-bond donors (Lipinski definition) is 3. The van der Waals surface area contributed by atoms with Crippen molar-refractivity contribution in [3.8, 4) is 0 Å². The Hall–Kier alpha value is -1.30. The first-order chi connectivity index (χ1) is 8.97. The highest BCUT2D eigenvalue weighted by Gasteiger charge is 2.37. The van der Waals surface area contributed by atoms with Crippen molar-refractivity contribution in [2.24, 2.45) is 0 Å². The molecule has 0 spiro atoms. The van der Waals surface area contributed by atoms with Crippen LogP contribution in [0.1, 0.15) is 46.0 Å². The van der Waals surface area contributed by atoms with Gasteiger partial charge in [0, 0.05) is 13.2 Å². The summed E-state index contributed by atoms with van der Waals surface area (Å²) < 4.78 is 5.32. The molecule has 1 rings (SSSR count). The third-order valence-corrected chi connectivity index (χ3v) is 3.43. The number of carboxylic acids is 1. The maximum atomic E-state index is 11.8. The first kappa shape index (κ1) is 15.8. The van der Waals surface area contributed by atoms with E-state index in [9.17, 15) is 9.59 Å². The summed E-state index contributed by atoms with van der Waals surface area (Å²) in [5.74, 6) is -0.870. The fraction of sp³-hybridized carbons (Fsp3) is 0.846. The summed E-state index contributed by atoms with van der Waals surface area (Å²) in [6.45, 7) is 4.81. The summed E-state index contributed by atoms with van der Waals surface area (Å²) in [6.07, 6.45) is 3.32. The van der Waals surface area contributed by atoms with Crippen LogP contribution in [0, 0.1) is 0 Å². The van der Waals surface area contributed by atoms with Crippen LogP contribution in [0.3, 0.4) is 0 Å². The van der Waals surface area contributed by atoms with Crippen LogP contribution in [-0.4, -0.2) is 41.9 Å². The summed E-state index contributed by atoms with van der Waals surface area (Å²) in [5, 5.41) is 14.5. The van der Waals surface area contributed by atoms with Crippen molar-refractivity contribution in [2.45, 2.75) is 57.6 Å². The molecular formula is C13H24N2O4. The largest absolute Gasteiger partial charge is 0.481 e. The minimum Gasteiger partial charge on any atom is -0.481 e. The maximum Gasteiger partial charge on any atom is 0.315 e. The first-order valence-corrected chi connectivity index (χ1v) is 6.87. The molecule has 1 fully saturated rings. The van der Waals surface area contributed by atoms with E-state index in [4.69, 9.17) is 9.84 Å². The van der Waals surface area contributed by atoms with E-state index in [0.717, 1.165) is 25.7 Å². The number of ether oxygens (including phenoxy) is 1. The van der Waals surface area contributed by atoms with Gasteiger partial charge in [0.15, 0.2) is 0 Å². The van der Waals surface area contributed by atoms with Gasteiger partial charge in [-0.1, -0.05) is 12.8 Å². The Kier molecular flexibility index (Phi) is 6.08. The van der Waals surface area contributed by atoms with Gasteiger partial charge in [-0.2, -0.15) is 0 Å². The molecule has 0 heterocycles. The Morgan fingerprint density at radius 2 is 2.00 bits per heavy atom. The van der Waals surface area contributed by atoms with E-state index in [0.29, 0.717) is 13.2 Å². The van der Waals surface area contributed by atoms with Crippen LogP contribution in [0.2, 0.25) is 0 Å². The van der Waals surface area contributed by atoms with Crippen LogP contribution in [0.5, 0.6) is 0 Å². The van der Waals surface area contributed by atoms with Gasteiger partial charge in [-0.05, 0) is 26.7 Å². The molecule has 1 unspecified atom stereocenters. The first-order valence-electron chi connectivity index (χ1n) is 6.87. The van der Waals surface area contributed by atoms with Crippen molar-refractivity contribution in [3.05, 3.63) is 0 Å². The molecule has 0 radical (unpaired) electrons. The third-order valence-electron chi connectivity index (χ3n) is 3.43. The van der Waals surface area contributed by atoms with Crippen molar-refractivity contribution in [1.82, 2.24) is 10.6 Å². The molecule has 0 aromatic rings. The molecule has 6 nitrogen and oxygen atoms in total. The predicted octanol–water partition coefficient (Wildman–Crippen LogP) is 1.50. The highest BCUT2D eigenvalue weighted by molar-refractivity contribution is 5.76. The lowest BCUT2D eigenvalue weighted by molar-refractivity contribution is -0.138. The van der Waals surface area contributed by atoms with Crippen LogP contribution in [0.25, 0.3) is 0 Å². The van der Waals surface area contributed by atoms with Crippen LogP contribution in [0.4, 0.5) is 4.79 Å². The van der Waals surface area contributed by atoms with Gasteiger partial charge in [0.05, 0.1) is 18.1 Å². The average molecular weight is 272 g/mol. The number of rotatable bonds is 7. The Morgan fingerprint density at radius 1 is 1.37 bits per heavy atom. The Labute approximate surface area is 113 Å². The zero-order valence-corrected chi connectivity index (χ0v) is 11.7. The molecule has 0 aliphatic heterocycles. The maximum absolute atomic E-state index is 11.8. The lowest BCUT2D eigenvalue weighted by Gasteiger charge is -2.29. The second kappa shape index (κ2) is 7.33. The number of carboxylic acid groups (broad SMARTS) is 1.